The van der Waals surface area contributed by atoms with Gasteiger partial charge in [0.2, 0.25) is 0 Å². The van der Waals surface area contributed by atoms with Gasteiger partial charge < -0.3 is 10.5 Å². The summed E-state index contributed by atoms with van der Waals surface area (Å²) in [7, 11) is 0. The van der Waals surface area contributed by atoms with Crippen LogP contribution in [0.25, 0.3) is 0 Å². The van der Waals surface area contributed by atoms with Gasteiger partial charge in [0.15, 0.2) is 11.6 Å². The molecule has 2 rings (SSSR count). The lowest BCUT2D eigenvalue weighted by Gasteiger charge is -2.06. The van der Waals surface area contributed by atoms with Crippen molar-refractivity contribution in [3.8, 4) is 6.01 Å². The molecule has 0 aliphatic rings. The fourth-order valence-corrected chi connectivity index (χ4v) is 1.49. The van der Waals surface area contributed by atoms with E-state index in [1.165, 1.54) is 0 Å². The first-order valence-corrected chi connectivity index (χ1v) is 5.60. The maximum atomic E-state index is 12.8. The highest BCUT2D eigenvalue weighted by Gasteiger charge is 2.05. The number of hydrogen-bond acceptors (Lipinski definition) is 4. The summed E-state index contributed by atoms with van der Waals surface area (Å²) < 4.78 is 18.1. The number of nitrogen functional groups attached to an aromatic ring is 1. The van der Waals surface area contributed by atoms with Crippen LogP contribution in [0.3, 0.4) is 0 Å². The first kappa shape index (κ1) is 12.6. The zero-order valence-corrected chi connectivity index (χ0v) is 10.4. The van der Waals surface area contributed by atoms with Crippen molar-refractivity contribution in [2.75, 3.05) is 5.73 Å². The highest BCUT2D eigenvalue weighted by molar-refractivity contribution is 6.31. The number of benzene rings is 1. The van der Waals surface area contributed by atoms with Gasteiger partial charge in [-0.05, 0) is 24.1 Å². The third-order valence-corrected chi connectivity index (χ3v) is 2.76. The predicted octanol–water partition coefficient (Wildman–Crippen LogP) is 2.74. The van der Waals surface area contributed by atoms with Gasteiger partial charge in [0.05, 0.1) is 6.20 Å². The van der Waals surface area contributed by atoms with Gasteiger partial charge in [-0.15, -0.1) is 0 Å². The normalized spacial score (nSPS) is 10.4. The Morgan fingerprint density at radius 1 is 1.44 bits per heavy atom. The number of hydrogen-bond donors (Lipinski definition) is 1. The van der Waals surface area contributed by atoms with E-state index in [9.17, 15) is 4.39 Å². The molecule has 1 aromatic heterocycles. The maximum Gasteiger partial charge on any atom is 0.318 e. The maximum absolute atomic E-state index is 12.8. The van der Waals surface area contributed by atoms with Crippen LogP contribution >= 0.6 is 11.6 Å². The molecule has 2 N–H and O–H groups in total. The molecule has 0 bridgehead atoms. The molecule has 0 saturated carbocycles. The third-order valence-electron chi connectivity index (χ3n) is 2.34. The van der Waals surface area contributed by atoms with Gasteiger partial charge in [0, 0.05) is 5.02 Å². The predicted molar refractivity (Wildman–Crippen MR) is 66.9 cm³/mol. The fourth-order valence-electron chi connectivity index (χ4n) is 1.38. The average Bonchev–Trinajstić information content (AvgIpc) is 2.35. The molecular weight excluding hydrogens is 257 g/mol. The minimum Gasteiger partial charge on any atom is -0.459 e. The molecule has 18 heavy (non-hydrogen) atoms. The highest BCUT2D eigenvalue weighted by Crippen LogP contribution is 2.17. The summed E-state index contributed by atoms with van der Waals surface area (Å²) >= 11 is 5.91. The summed E-state index contributed by atoms with van der Waals surface area (Å²) in [5.74, 6) is -0.892. The van der Waals surface area contributed by atoms with Gasteiger partial charge in [-0.3, -0.25) is 0 Å². The summed E-state index contributed by atoms with van der Waals surface area (Å²) in [5, 5.41) is 0.695. The molecule has 6 heteroatoms. The molecule has 0 spiro atoms. The Morgan fingerprint density at radius 3 is 2.89 bits per heavy atom. The lowest BCUT2D eigenvalue weighted by atomic mass is 10.1. The van der Waals surface area contributed by atoms with Crippen LogP contribution in [0.4, 0.5) is 10.2 Å². The Kier molecular flexibility index (Phi) is 3.62. The Balaban J connectivity index is 2.06. The van der Waals surface area contributed by atoms with Crippen LogP contribution in [0.15, 0.2) is 24.4 Å². The number of rotatable bonds is 3. The van der Waals surface area contributed by atoms with E-state index in [1.54, 1.807) is 6.07 Å². The Bertz CT molecular complexity index is 526. The second kappa shape index (κ2) is 5.18. The summed E-state index contributed by atoms with van der Waals surface area (Å²) in [6.45, 7) is 2.17. The molecule has 0 saturated heterocycles. The van der Waals surface area contributed by atoms with Crippen molar-refractivity contribution >= 4 is 17.4 Å². The molecule has 0 unspecified atom stereocenters. The number of nitrogens with zero attached hydrogens (tertiary/aromatic N) is 2. The molecule has 2 aromatic rings. The van der Waals surface area contributed by atoms with Gasteiger partial charge in [-0.2, -0.15) is 4.98 Å². The van der Waals surface area contributed by atoms with E-state index in [2.05, 4.69) is 9.97 Å². The van der Waals surface area contributed by atoms with E-state index in [1.807, 2.05) is 19.1 Å². The monoisotopic (exact) mass is 267 g/mol. The van der Waals surface area contributed by atoms with Gasteiger partial charge in [0.1, 0.15) is 6.61 Å². The lowest BCUT2D eigenvalue weighted by Crippen LogP contribution is -2.03. The number of ether oxygens (including phenoxy) is 1. The van der Waals surface area contributed by atoms with Crippen molar-refractivity contribution in [2.45, 2.75) is 13.5 Å². The van der Waals surface area contributed by atoms with Gasteiger partial charge in [-0.25, -0.2) is 9.37 Å². The molecule has 0 atom stereocenters. The van der Waals surface area contributed by atoms with Crippen molar-refractivity contribution in [2.24, 2.45) is 0 Å². The summed E-state index contributed by atoms with van der Waals surface area (Å²) in [6.07, 6.45) is 0.977. The van der Waals surface area contributed by atoms with E-state index >= 15 is 0 Å². The average molecular weight is 268 g/mol. The van der Waals surface area contributed by atoms with Crippen molar-refractivity contribution in [1.82, 2.24) is 9.97 Å². The van der Waals surface area contributed by atoms with Gasteiger partial charge in [0.25, 0.3) is 0 Å². The molecular formula is C12H11ClFN3O. The molecule has 0 radical (unpaired) electrons. The zero-order chi connectivity index (χ0) is 13.1. The SMILES string of the molecule is Cc1cc(COc2ncc(F)c(N)n2)ccc1Cl. The van der Waals surface area contributed by atoms with Crippen LogP contribution in [0, 0.1) is 12.7 Å². The first-order chi connectivity index (χ1) is 8.56. The number of aromatic nitrogens is 2. The molecule has 1 heterocycles. The first-order valence-electron chi connectivity index (χ1n) is 5.22. The van der Waals surface area contributed by atoms with Crippen LogP contribution in [0.2, 0.25) is 5.02 Å². The molecule has 0 aliphatic heterocycles. The van der Waals surface area contributed by atoms with Crippen LogP contribution in [0.5, 0.6) is 6.01 Å². The highest BCUT2D eigenvalue weighted by atomic mass is 35.5. The van der Waals surface area contributed by atoms with E-state index in [-0.39, 0.29) is 18.4 Å². The standard InChI is InChI=1S/C12H11ClFN3O/c1-7-4-8(2-3-9(7)13)6-18-12-16-5-10(14)11(15)17-12/h2-5H,6H2,1H3,(H2,15,16,17). The topological polar surface area (TPSA) is 61.0 Å². The number of halogens is 2. The molecule has 1 aromatic carbocycles. The molecule has 0 fully saturated rings. The van der Waals surface area contributed by atoms with E-state index in [4.69, 9.17) is 22.1 Å². The number of nitrogens with two attached hydrogens (primary N) is 1. The summed E-state index contributed by atoms with van der Waals surface area (Å²) in [4.78, 5) is 7.35. The van der Waals surface area contributed by atoms with Crippen LogP contribution in [-0.4, -0.2) is 9.97 Å². The second-order valence-electron chi connectivity index (χ2n) is 3.76. The van der Waals surface area contributed by atoms with Crippen molar-refractivity contribution in [3.05, 3.63) is 46.4 Å². The molecule has 4 nitrogen and oxygen atoms in total. The van der Waals surface area contributed by atoms with Crippen molar-refractivity contribution in [1.29, 1.82) is 0 Å². The quantitative estimate of drug-likeness (QED) is 0.929. The smallest absolute Gasteiger partial charge is 0.318 e. The van der Waals surface area contributed by atoms with E-state index < -0.39 is 5.82 Å². The summed E-state index contributed by atoms with van der Waals surface area (Å²) in [5.41, 5.74) is 7.19. The number of anilines is 1. The van der Waals surface area contributed by atoms with Crippen LogP contribution in [0.1, 0.15) is 11.1 Å². The molecule has 0 amide bonds. The van der Waals surface area contributed by atoms with Crippen molar-refractivity contribution < 1.29 is 9.13 Å². The molecule has 0 aliphatic carbocycles. The fraction of sp³-hybridized carbons (Fsp3) is 0.167. The Morgan fingerprint density at radius 2 is 2.22 bits per heavy atom. The molecule has 94 valence electrons. The van der Waals surface area contributed by atoms with Gasteiger partial charge in [-0.1, -0.05) is 23.7 Å². The van der Waals surface area contributed by atoms with Crippen LogP contribution < -0.4 is 10.5 Å². The minimum atomic E-state index is -0.662. The Hall–Kier alpha value is -1.88. The van der Waals surface area contributed by atoms with E-state index in [0.29, 0.717) is 5.02 Å². The minimum absolute atomic E-state index is 0.0431. The van der Waals surface area contributed by atoms with Crippen molar-refractivity contribution in [3.63, 3.8) is 0 Å². The lowest BCUT2D eigenvalue weighted by molar-refractivity contribution is 0.280. The summed E-state index contributed by atoms with van der Waals surface area (Å²) in [6, 6.07) is 5.56. The van der Waals surface area contributed by atoms with Gasteiger partial charge >= 0.3 is 6.01 Å². The zero-order valence-electron chi connectivity index (χ0n) is 9.65. The largest absolute Gasteiger partial charge is 0.459 e. The Labute approximate surface area is 109 Å². The van der Waals surface area contributed by atoms with Crippen LogP contribution in [-0.2, 0) is 6.61 Å². The second-order valence-corrected chi connectivity index (χ2v) is 4.17. The third kappa shape index (κ3) is 2.87. The number of aryl methyl sites for hydroxylation is 1. The van der Waals surface area contributed by atoms with E-state index in [0.717, 1.165) is 17.3 Å².